The summed E-state index contributed by atoms with van der Waals surface area (Å²) in [5, 5.41) is 19.9. The van der Waals surface area contributed by atoms with Gasteiger partial charge in [-0.15, -0.1) is 5.10 Å². The van der Waals surface area contributed by atoms with Crippen molar-refractivity contribution >= 4 is 5.91 Å². The largest absolute Gasteiger partial charge is 0.396 e. The summed E-state index contributed by atoms with van der Waals surface area (Å²) in [6.07, 6.45) is 3.35. The van der Waals surface area contributed by atoms with Crippen molar-refractivity contribution in [1.82, 2.24) is 25.2 Å². The predicted octanol–water partition coefficient (Wildman–Crippen LogP) is -1.02. The Balaban J connectivity index is 1.79. The van der Waals surface area contributed by atoms with Gasteiger partial charge in [-0.1, -0.05) is 5.21 Å². The third-order valence-corrected chi connectivity index (χ3v) is 3.09. The van der Waals surface area contributed by atoms with Crippen LogP contribution in [-0.4, -0.2) is 57.1 Å². The molecule has 1 aliphatic rings. The fourth-order valence-corrected chi connectivity index (χ4v) is 2.00. The van der Waals surface area contributed by atoms with Crippen molar-refractivity contribution in [2.45, 2.75) is 32.0 Å². The average molecular weight is 253 g/mol. The normalized spacial score (nSPS) is 19.8. The molecule has 0 bridgehead atoms. The molecule has 1 aromatic heterocycles. The van der Waals surface area contributed by atoms with Gasteiger partial charge in [0.1, 0.15) is 0 Å². The summed E-state index contributed by atoms with van der Waals surface area (Å²) in [5.74, 6) is 0.141. The predicted molar refractivity (Wildman–Crippen MR) is 64.6 cm³/mol. The Hall–Kier alpha value is -1.47. The second-order valence-corrected chi connectivity index (χ2v) is 4.53. The third-order valence-electron chi connectivity index (χ3n) is 3.09. The smallest absolute Gasteiger partial charge is 0.239 e. The number of nitrogens with zero attached hydrogens (tertiary/aromatic N) is 4. The van der Waals surface area contributed by atoms with E-state index >= 15 is 0 Å². The summed E-state index contributed by atoms with van der Waals surface area (Å²) in [7, 11) is 1.81. The van der Waals surface area contributed by atoms with E-state index in [4.69, 9.17) is 5.11 Å². The molecule has 1 amide bonds. The number of carbonyl (C=O) groups is 1. The average Bonchev–Trinajstić information content (AvgIpc) is 2.94. The zero-order valence-corrected chi connectivity index (χ0v) is 10.5. The van der Waals surface area contributed by atoms with E-state index in [9.17, 15) is 4.79 Å². The minimum atomic E-state index is -0.0995. The summed E-state index contributed by atoms with van der Waals surface area (Å²) in [4.78, 5) is 13.4. The van der Waals surface area contributed by atoms with Gasteiger partial charge in [0, 0.05) is 39.5 Å². The number of likely N-dealkylation sites (N-methyl/N-ethyl adjacent to an activating group) is 1. The van der Waals surface area contributed by atoms with Crippen LogP contribution in [0.2, 0.25) is 0 Å². The Morgan fingerprint density at radius 2 is 2.44 bits per heavy atom. The Kier molecular flexibility index (Phi) is 4.27. The Morgan fingerprint density at radius 3 is 3.11 bits per heavy atom. The van der Waals surface area contributed by atoms with E-state index in [0.717, 1.165) is 18.7 Å². The highest BCUT2D eigenvalue weighted by Crippen LogP contribution is 2.09. The van der Waals surface area contributed by atoms with Crippen LogP contribution in [0.15, 0.2) is 6.20 Å². The zero-order chi connectivity index (χ0) is 13.0. The number of aromatic nitrogens is 3. The first-order valence-electron chi connectivity index (χ1n) is 6.19. The van der Waals surface area contributed by atoms with E-state index in [2.05, 4.69) is 15.6 Å². The van der Waals surface area contributed by atoms with Crippen molar-refractivity contribution in [3.05, 3.63) is 11.9 Å². The van der Waals surface area contributed by atoms with Gasteiger partial charge in [-0.25, -0.2) is 0 Å². The van der Waals surface area contributed by atoms with E-state index in [1.165, 1.54) is 0 Å². The van der Waals surface area contributed by atoms with E-state index in [1.54, 1.807) is 9.58 Å². The van der Waals surface area contributed by atoms with Crippen LogP contribution in [0, 0.1) is 0 Å². The maximum atomic E-state index is 11.7. The molecule has 7 nitrogen and oxygen atoms in total. The SMILES string of the molecule is CN1CCC(NCc2cn(CCCO)nn2)C1=O. The molecule has 7 heteroatoms. The van der Waals surface area contributed by atoms with Crippen LogP contribution in [0.1, 0.15) is 18.5 Å². The van der Waals surface area contributed by atoms with Crippen molar-refractivity contribution in [3.63, 3.8) is 0 Å². The number of carbonyl (C=O) groups excluding carboxylic acids is 1. The summed E-state index contributed by atoms with van der Waals surface area (Å²) in [6, 6.07) is -0.0995. The maximum Gasteiger partial charge on any atom is 0.239 e. The van der Waals surface area contributed by atoms with Crippen LogP contribution >= 0.6 is 0 Å². The van der Waals surface area contributed by atoms with Crippen molar-refractivity contribution in [2.75, 3.05) is 20.2 Å². The number of likely N-dealkylation sites (tertiary alicyclic amines) is 1. The lowest BCUT2D eigenvalue weighted by molar-refractivity contribution is -0.128. The molecule has 1 aliphatic heterocycles. The van der Waals surface area contributed by atoms with Crippen LogP contribution < -0.4 is 5.32 Å². The first-order chi connectivity index (χ1) is 8.70. The topological polar surface area (TPSA) is 83.3 Å². The summed E-state index contributed by atoms with van der Waals surface area (Å²) >= 11 is 0. The monoisotopic (exact) mass is 253 g/mol. The van der Waals surface area contributed by atoms with Crippen LogP contribution in [0.5, 0.6) is 0 Å². The highest BCUT2D eigenvalue weighted by molar-refractivity contribution is 5.83. The minimum Gasteiger partial charge on any atom is -0.396 e. The van der Waals surface area contributed by atoms with Gasteiger partial charge in [0.15, 0.2) is 0 Å². The molecule has 0 saturated carbocycles. The quantitative estimate of drug-likeness (QED) is 0.678. The lowest BCUT2D eigenvalue weighted by atomic mass is 10.2. The molecule has 0 aromatic carbocycles. The molecule has 1 unspecified atom stereocenters. The van der Waals surface area contributed by atoms with Crippen LogP contribution in [0.4, 0.5) is 0 Å². The summed E-state index contributed by atoms with van der Waals surface area (Å²) < 4.78 is 1.70. The number of amides is 1. The first kappa shape index (κ1) is 13.0. The number of rotatable bonds is 6. The number of hydrogen-bond acceptors (Lipinski definition) is 5. The molecule has 1 fully saturated rings. The van der Waals surface area contributed by atoms with Gasteiger partial charge in [-0.2, -0.15) is 0 Å². The lowest BCUT2D eigenvalue weighted by Gasteiger charge is -2.10. The van der Waals surface area contributed by atoms with Gasteiger partial charge in [0.25, 0.3) is 0 Å². The fourth-order valence-electron chi connectivity index (χ4n) is 2.00. The van der Waals surface area contributed by atoms with Gasteiger partial charge >= 0.3 is 0 Å². The molecule has 0 radical (unpaired) electrons. The summed E-state index contributed by atoms with van der Waals surface area (Å²) in [5.41, 5.74) is 0.815. The number of hydrogen-bond donors (Lipinski definition) is 2. The van der Waals surface area contributed by atoms with Crippen LogP contribution in [0.3, 0.4) is 0 Å². The fraction of sp³-hybridized carbons (Fsp3) is 0.727. The van der Waals surface area contributed by atoms with Crippen LogP contribution in [0.25, 0.3) is 0 Å². The number of nitrogens with one attached hydrogen (secondary N) is 1. The Morgan fingerprint density at radius 1 is 1.61 bits per heavy atom. The molecule has 0 spiro atoms. The molecule has 2 N–H and O–H groups in total. The van der Waals surface area contributed by atoms with Crippen LogP contribution in [-0.2, 0) is 17.9 Å². The van der Waals surface area contributed by atoms with Gasteiger partial charge in [-0.05, 0) is 12.8 Å². The zero-order valence-electron chi connectivity index (χ0n) is 10.5. The van der Waals surface area contributed by atoms with Crippen molar-refractivity contribution in [2.24, 2.45) is 0 Å². The Labute approximate surface area is 106 Å². The van der Waals surface area contributed by atoms with E-state index in [1.807, 2.05) is 13.2 Å². The summed E-state index contributed by atoms with van der Waals surface area (Å²) in [6.45, 7) is 2.16. The molecule has 2 rings (SSSR count). The minimum absolute atomic E-state index is 0.0995. The lowest BCUT2D eigenvalue weighted by Crippen LogP contribution is -2.36. The number of aliphatic hydroxyl groups is 1. The maximum absolute atomic E-state index is 11.7. The van der Waals surface area contributed by atoms with E-state index in [0.29, 0.717) is 19.5 Å². The highest BCUT2D eigenvalue weighted by Gasteiger charge is 2.28. The molecule has 18 heavy (non-hydrogen) atoms. The Bertz CT molecular complexity index is 406. The van der Waals surface area contributed by atoms with Gasteiger partial charge in [-0.3, -0.25) is 14.8 Å². The number of aryl methyl sites for hydroxylation is 1. The molecule has 1 aromatic rings. The highest BCUT2D eigenvalue weighted by atomic mass is 16.3. The molecular formula is C11H19N5O2. The third kappa shape index (κ3) is 3.05. The van der Waals surface area contributed by atoms with Gasteiger partial charge < -0.3 is 10.0 Å². The van der Waals surface area contributed by atoms with Gasteiger partial charge in [0.05, 0.1) is 11.7 Å². The van der Waals surface area contributed by atoms with E-state index < -0.39 is 0 Å². The van der Waals surface area contributed by atoms with Gasteiger partial charge in [0.2, 0.25) is 5.91 Å². The molecule has 1 saturated heterocycles. The second-order valence-electron chi connectivity index (χ2n) is 4.53. The van der Waals surface area contributed by atoms with E-state index in [-0.39, 0.29) is 18.6 Å². The van der Waals surface area contributed by atoms with Crippen molar-refractivity contribution < 1.29 is 9.90 Å². The number of aliphatic hydroxyl groups excluding tert-OH is 1. The molecule has 1 atom stereocenters. The molecular weight excluding hydrogens is 234 g/mol. The standard InChI is InChI=1S/C11H19N5O2/c1-15-5-3-10(11(15)18)12-7-9-8-16(14-13-9)4-2-6-17/h8,10,12,17H,2-7H2,1H3. The van der Waals surface area contributed by atoms with Crippen molar-refractivity contribution in [3.8, 4) is 0 Å². The van der Waals surface area contributed by atoms with Crippen molar-refractivity contribution in [1.29, 1.82) is 0 Å². The molecule has 2 heterocycles. The first-order valence-corrected chi connectivity index (χ1v) is 6.19. The molecule has 100 valence electrons. The molecule has 0 aliphatic carbocycles. The second kappa shape index (κ2) is 5.92.